The Morgan fingerprint density at radius 3 is 2.58 bits per heavy atom. The maximum atomic E-state index is 5.80. The summed E-state index contributed by atoms with van der Waals surface area (Å²) in [6.45, 7) is 7.07. The van der Waals surface area contributed by atoms with Crippen LogP contribution in [0.2, 0.25) is 0 Å². The smallest absolute Gasteiger partial charge is 0.0625 e. The number of hydrogen-bond acceptors (Lipinski definition) is 2. The van der Waals surface area contributed by atoms with E-state index in [1.54, 1.807) is 0 Å². The number of hydrogen-bond donors (Lipinski definition) is 1. The summed E-state index contributed by atoms with van der Waals surface area (Å²) >= 11 is 0. The summed E-state index contributed by atoms with van der Waals surface area (Å²) in [5, 5.41) is 4.41. The predicted molar refractivity (Wildman–Crippen MR) is 49.9 cm³/mol. The zero-order chi connectivity index (χ0) is 9.14. The molecular formula is C9H17N3. The molecule has 0 spiro atoms. The first-order valence-corrected chi connectivity index (χ1v) is 4.51. The van der Waals surface area contributed by atoms with Crippen molar-refractivity contribution >= 4 is 0 Å². The van der Waals surface area contributed by atoms with Crippen LogP contribution in [-0.2, 0) is 13.0 Å². The van der Waals surface area contributed by atoms with Gasteiger partial charge in [-0.2, -0.15) is 5.10 Å². The van der Waals surface area contributed by atoms with E-state index >= 15 is 0 Å². The molecule has 12 heavy (non-hydrogen) atoms. The molecule has 1 aromatic heterocycles. The Balaban J connectivity index is 3.00. The van der Waals surface area contributed by atoms with E-state index in [4.69, 9.17) is 5.73 Å². The molecule has 1 rings (SSSR count). The van der Waals surface area contributed by atoms with Gasteiger partial charge in [0.2, 0.25) is 0 Å². The number of rotatable bonds is 3. The predicted octanol–water partition coefficient (Wildman–Crippen LogP) is 1.49. The molecule has 0 fully saturated rings. The van der Waals surface area contributed by atoms with Crippen molar-refractivity contribution in [1.82, 2.24) is 9.78 Å². The molecule has 0 aliphatic heterocycles. The summed E-state index contributed by atoms with van der Waals surface area (Å²) in [6.07, 6.45) is 0.979. The van der Waals surface area contributed by atoms with Gasteiger partial charge in [-0.3, -0.25) is 4.68 Å². The van der Waals surface area contributed by atoms with Crippen molar-refractivity contribution in [2.24, 2.45) is 5.73 Å². The highest BCUT2D eigenvalue weighted by molar-refractivity contribution is 5.13. The zero-order valence-electron chi connectivity index (χ0n) is 8.04. The molecule has 0 radical (unpaired) electrons. The SMILES string of the molecule is CCc1cc(C(C)N)n(CC)n1. The van der Waals surface area contributed by atoms with Gasteiger partial charge in [0.05, 0.1) is 11.4 Å². The number of nitrogens with zero attached hydrogens (tertiary/aromatic N) is 2. The standard InChI is InChI=1S/C9H17N3/c1-4-8-6-9(7(3)10)12(5-2)11-8/h6-7H,4-5,10H2,1-3H3. The van der Waals surface area contributed by atoms with Gasteiger partial charge in [0.15, 0.2) is 0 Å². The van der Waals surface area contributed by atoms with Crippen LogP contribution in [0.1, 0.15) is 38.2 Å². The van der Waals surface area contributed by atoms with Gasteiger partial charge in [-0.05, 0) is 26.3 Å². The van der Waals surface area contributed by atoms with Crippen LogP contribution >= 0.6 is 0 Å². The van der Waals surface area contributed by atoms with Gasteiger partial charge >= 0.3 is 0 Å². The van der Waals surface area contributed by atoms with E-state index in [0.29, 0.717) is 0 Å². The molecule has 1 aromatic rings. The van der Waals surface area contributed by atoms with Crippen LogP contribution in [0.5, 0.6) is 0 Å². The van der Waals surface area contributed by atoms with E-state index in [-0.39, 0.29) is 6.04 Å². The first kappa shape index (κ1) is 9.26. The largest absolute Gasteiger partial charge is 0.323 e. The molecule has 1 unspecified atom stereocenters. The average Bonchev–Trinajstić information content (AvgIpc) is 2.47. The van der Waals surface area contributed by atoms with Crippen LogP contribution < -0.4 is 5.73 Å². The van der Waals surface area contributed by atoms with E-state index in [0.717, 1.165) is 24.4 Å². The third-order valence-electron chi connectivity index (χ3n) is 1.99. The van der Waals surface area contributed by atoms with Gasteiger partial charge in [0.25, 0.3) is 0 Å². The minimum Gasteiger partial charge on any atom is -0.323 e. The lowest BCUT2D eigenvalue weighted by Crippen LogP contribution is -2.12. The maximum absolute atomic E-state index is 5.80. The summed E-state index contributed by atoms with van der Waals surface area (Å²) in [6, 6.07) is 2.17. The molecule has 1 heterocycles. The molecule has 68 valence electrons. The summed E-state index contributed by atoms with van der Waals surface area (Å²) in [5.74, 6) is 0. The molecule has 0 saturated carbocycles. The molecule has 3 heteroatoms. The fraction of sp³-hybridized carbons (Fsp3) is 0.667. The normalized spacial score (nSPS) is 13.3. The van der Waals surface area contributed by atoms with E-state index in [9.17, 15) is 0 Å². The Morgan fingerprint density at radius 2 is 2.25 bits per heavy atom. The second-order valence-corrected chi connectivity index (χ2v) is 3.02. The van der Waals surface area contributed by atoms with Gasteiger partial charge in [-0.15, -0.1) is 0 Å². The molecule has 3 nitrogen and oxygen atoms in total. The van der Waals surface area contributed by atoms with Crippen LogP contribution in [0.15, 0.2) is 6.07 Å². The van der Waals surface area contributed by atoms with Crippen LogP contribution in [-0.4, -0.2) is 9.78 Å². The third-order valence-corrected chi connectivity index (χ3v) is 1.99. The Bertz CT molecular complexity index is 250. The second-order valence-electron chi connectivity index (χ2n) is 3.02. The van der Waals surface area contributed by atoms with E-state index in [1.165, 1.54) is 0 Å². The van der Waals surface area contributed by atoms with Gasteiger partial charge in [-0.25, -0.2) is 0 Å². The number of aromatic nitrogens is 2. The highest BCUT2D eigenvalue weighted by atomic mass is 15.3. The Morgan fingerprint density at radius 1 is 1.58 bits per heavy atom. The topological polar surface area (TPSA) is 43.8 Å². The average molecular weight is 167 g/mol. The van der Waals surface area contributed by atoms with Crippen molar-refractivity contribution in [3.05, 3.63) is 17.5 Å². The van der Waals surface area contributed by atoms with Crippen molar-refractivity contribution in [3.8, 4) is 0 Å². The lowest BCUT2D eigenvalue weighted by Gasteiger charge is -2.06. The van der Waals surface area contributed by atoms with E-state index in [2.05, 4.69) is 25.0 Å². The first-order valence-electron chi connectivity index (χ1n) is 4.51. The lowest BCUT2D eigenvalue weighted by atomic mass is 10.2. The Hall–Kier alpha value is -0.830. The lowest BCUT2D eigenvalue weighted by molar-refractivity contribution is 0.585. The van der Waals surface area contributed by atoms with Gasteiger partial charge < -0.3 is 5.73 Å². The first-order chi connectivity index (χ1) is 5.69. The summed E-state index contributed by atoms with van der Waals surface area (Å²) in [7, 11) is 0. The highest BCUT2D eigenvalue weighted by Crippen LogP contribution is 2.11. The summed E-state index contributed by atoms with van der Waals surface area (Å²) < 4.78 is 1.98. The molecule has 0 aromatic carbocycles. The zero-order valence-corrected chi connectivity index (χ0v) is 8.04. The van der Waals surface area contributed by atoms with Crippen molar-refractivity contribution in [2.75, 3.05) is 0 Å². The highest BCUT2D eigenvalue weighted by Gasteiger charge is 2.08. The molecule has 0 aliphatic rings. The molecular weight excluding hydrogens is 150 g/mol. The van der Waals surface area contributed by atoms with E-state index < -0.39 is 0 Å². The van der Waals surface area contributed by atoms with Crippen molar-refractivity contribution in [2.45, 2.75) is 39.8 Å². The minimum absolute atomic E-state index is 0.0812. The molecule has 0 saturated heterocycles. The van der Waals surface area contributed by atoms with Crippen molar-refractivity contribution in [1.29, 1.82) is 0 Å². The van der Waals surface area contributed by atoms with E-state index in [1.807, 2.05) is 11.6 Å². The summed E-state index contributed by atoms with van der Waals surface area (Å²) in [4.78, 5) is 0. The fourth-order valence-electron chi connectivity index (χ4n) is 1.28. The quantitative estimate of drug-likeness (QED) is 0.741. The van der Waals surface area contributed by atoms with Crippen LogP contribution in [0.4, 0.5) is 0 Å². The maximum Gasteiger partial charge on any atom is 0.0625 e. The molecule has 0 amide bonds. The van der Waals surface area contributed by atoms with Gasteiger partial charge in [-0.1, -0.05) is 6.92 Å². The van der Waals surface area contributed by atoms with Gasteiger partial charge in [0.1, 0.15) is 0 Å². The van der Waals surface area contributed by atoms with Crippen LogP contribution in [0.3, 0.4) is 0 Å². The summed E-state index contributed by atoms with van der Waals surface area (Å²) in [5.41, 5.74) is 8.06. The third kappa shape index (κ3) is 1.67. The minimum atomic E-state index is 0.0812. The molecule has 0 bridgehead atoms. The molecule has 0 aliphatic carbocycles. The Kier molecular flexibility index (Phi) is 2.87. The second kappa shape index (κ2) is 3.72. The Labute approximate surface area is 73.6 Å². The molecule has 1 atom stereocenters. The van der Waals surface area contributed by atoms with Crippen molar-refractivity contribution < 1.29 is 0 Å². The molecule has 2 N–H and O–H groups in total. The fourth-order valence-corrected chi connectivity index (χ4v) is 1.28. The number of aryl methyl sites for hydroxylation is 2. The monoisotopic (exact) mass is 167 g/mol. The van der Waals surface area contributed by atoms with Crippen LogP contribution in [0.25, 0.3) is 0 Å². The number of nitrogens with two attached hydrogens (primary N) is 1. The van der Waals surface area contributed by atoms with Crippen molar-refractivity contribution in [3.63, 3.8) is 0 Å². The van der Waals surface area contributed by atoms with Crippen LogP contribution in [0, 0.1) is 0 Å². The van der Waals surface area contributed by atoms with Gasteiger partial charge in [0, 0.05) is 12.6 Å².